The number of rotatable bonds is 6. The molecule has 2 aromatic carbocycles. The summed E-state index contributed by atoms with van der Waals surface area (Å²) < 4.78 is 38.7. The molecule has 1 aliphatic rings. The first-order valence-electron chi connectivity index (χ1n) is 8.85. The molecule has 1 saturated heterocycles. The van der Waals surface area contributed by atoms with Gasteiger partial charge in [-0.2, -0.15) is 0 Å². The molecule has 4 rings (SSSR count). The minimum Gasteiger partial charge on any atom is -0.436 e. The molecule has 0 aliphatic carbocycles. The summed E-state index contributed by atoms with van der Waals surface area (Å²) in [5.41, 5.74) is 1.66. The van der Waals surface area contributed by atoms with Gasteiger partial charge in [0.25, 0.3) is 0 Å². The smallest absolute Gasteiger partial charge is 0.240 e. The fraction of sp³-hybridized carbons (Fsp3) is 0.250. The molecule has 140 valence electrons. The normalized spacial score (nSPS) is 17.3. The van der Waals surface area contributed by atoms with Crippen LogP contribution in [0.1, 0.15) is 12.8 Å². The van der Waals surface area contributed by atoms with E-state index < -0.39 is 10.0 Å². The van der Waals surface area contributed by atoms with Crippen molar-refractivity contribution in [2.75, 3.05) is 13.2 Å². The molecule has 1 N–H and O–H groups in total. The van der Waals surface area contributed by atoms with Crippen LogP contribution >= 0.6 is 0 Å². The standard InChI is InChI=1S/C20H20N2O4S/c23-27(24,22-13-17-7-4-12-25-17)18-10-8-16(9-11-18)20-21-14-19(26-20)15-5-2-1-3-6-15/h1-3,5-6,8-11,14,17,22H,4,7,12-13H2. The Bertz CT molecular complexity index is 992. The van der Waals surface area contributed by atoms with Gasteiger partial charge in [0, 0.05) is 24.3 Å². The van der Waals surface area contributed by atoms with E-state index in [-0.39, 0.29) is 11.0 Å². The molecule has 6 nitrogen and oxygen atoms in total. The molecule has 1 aliphatic heterocycles. The molecular formula is C20H20N2O4S. The Morgan fingerprint density at radius 1 is 1.04 bits per heavy atom. The van der Waals surface area contributed by atoms with Gasteiger partial charge in [-0.05, 0) is 37.1 Å². The summed E-state index contributed by atoms with van der Waals surface area (Å²) in [6.07, 6.45) is 3.48. The lowest BCUT2D eigenvalue weighted by Crippen LogP contribution is -2.31. The predicted octanol–water partition coefficient (Wildman–Crippen LogP) is 3.47. The number of nitrogens with one attached hydrogen (secondary N) is 1. The number of benzene rings is 2. The van der Waals surface area contributed by atoms with Crippen molar-refractivity contribution in [3.05, 3.63) is 60.8 Å². The Balaban J connectivity index is 1.48. The fourth-order valence-electron chi connectivity index (χ4n) is 3.01. The predicted molar refractivity (Wildman–Crippen MR) is 102 cm³/mol. The van der Waals surface area contributed by atoms with Crippen LogP contribution in [0.25, 0.3) is 22.8 Å². The van der Waals surface area contributed by atoms with Gasteiger partial charge in [-0.3, -0.25) is 0 Å². The maximum Gasteiger partial charge on any atom is 0.240 e. The average molecular weight is 384 g/mol. The van der Waals surface area contributed by atoms with Crippen molar-refractivity contribution in [2.24, 2.45) is 0 Å². The van der Waals surface area contributed by atoms with Gasteiger partial charge >= 0.3 is 0 Å². The Hall–Kier alpha value is -2.48. The molecule has 3 aromatic rings. The first-order chi connectivity index (χ1) is 13.1. The third-order valence-corrected chi connectivity index (χ3v) is 5.94. The molecule has 1 aromatic heterocycles. The summed E-state index contributed by atoms with van der Waals surface area (Å²) in [7, 11) is -3.57. The zero-order valence-electron chi connectivity index (χ0n) is 14.7. The molecule has 27 heavy (non-hydrogen) atoms. The monoisotopic (exact) mass is 384 g/mol. The van der Waals surface area contributed by atoms with Crippen molar-refractivity contribution in [2.45, 2.75) is 23.8 Å². The van der Waals surface area contributed by atoms with Gasteiger partial charge in [0.2, 0.25) is 15.9 Å². The molecule has 2 heterocycles. The molecule has 0 saturated carbocycles. The van der Waals surface area contributed by atoms with E-state index in [9.17, 15) is 8.42 Å². The van der Waals surface area contributed by atoms with Crippen LogP contribution in [0, 0.1) is 0 Å². The van der Waals surface area contributed by atoms with E-state index in [0.717, 1.165) is 24.0 Å². The molecule has 0 bridgehead atoms. The van der Waals surface area contributed by atoms with Crippen LogP contribution in [0.15, 0.2) is 70.1 Å². The second kappa shape index (κ2) is 7.64. The maximum atomic E-state index is 12.4. The number of nitrogens with zero attached hydrogens (tertiary/aromatic N) is 1. The Kier molecular flexibility index (Phi) is 5.07. The lowest BCUT2D eigenvalue weighted by Gasteiger charge is -2.11. The van der Waals surface area contributed by atoms with Crippen LogP contribution in [-0.2, 0) is 14.8 Å². The van der Waals surface area contributed by atoms with E-state index in [2.05, 4.69) is 9.71 Å². The Morgan fingerprint density at radius 2 is 1.81 bits per heavy atom. The van der Waals surface area contributed by atoms with Crippen molar-refractivity contribution >= 4 is 10.0 Å². The van der Waals surface area contributed by atoms with Gasteiger partial charge in [-0.25, -0.2) is 18.1 Å². The molecule has 1 unspecified atom stereocenters. The summed E-state index contributed by atoms with van der Waals surface area (Å²) in [6, 6.07) is 16.2. The summed E-state index contributed by atoms with van der Waals surface area (Å²) in [5, 5.41) is 0. The van der Waals surface area contributed by atoms with Crippen molar-refractivity contribution < 1.29 is 17.6 Å². The highest BCUT2D eigenvalue weighted by molar-refractivity contribution is 7.89. The number of ether oxygens (including phenoxy) is 1. The molecule has 7 heteroatoms. The van der Waals surface area contributed by atoms with Gasteiger partial charge in [-0.15, -0.1) is 0 Å². The third-order valence-electron chi connectivity index (χ3n) is 4.50. The van der Waals surface area contributed by atoms with Crippen molar-refractivity contribution in [1.29, 1.82) is 0 Å². The van der Waals surface area contributed by atoms with Gasteiger partial charge < -0.3 is 9.15 Å². The van der Waals surface area contributed by atoms with E-state index >= 15 is 0 Å². The second-order valence-corrected chi connectivity index (χ2v) is 8.17. The zero-order valence-corrected chi connectivity index (χ0v) is 15.5. The highest BCUT2D eigenvalue weighted by Crippen LogP contribution is 2.26. The summed E-state index contributed by atoms with van der Waals surface area (Å²) in [5.74, 6) is 1.12. The van der Waals surface area contributed by atoms with Crippen LogP contribution in [0.2, 0.25) is 0 Å². The van der Waals surface area contributed by atoms with Gasteiger partial charge in [0.15, 0.2) is 5.76 Å². The summed E-state index contributed by atoms with van der Waals surface area (Å²) in [4.78, 5) is 4.50. The SMILES string of the molecule is O=S(=O)(NCC1CCCO1)c1ccc(-c2ncc(-c3ccccc3)o2)cc1. The third kappa shape index (κ3) is 4.10. The molecule has 0 amide bonds. The number of hydrogen-bond donors (Lipinski definition) is 1. The van der Waals surface area contributed by atoms with Gasteiger partial charge in [-0.1, -0.05) is 30.3 Å². The topological polar surface area (TPSA) is 81.4 Å². The van der Waals surface area contributed by atoms with Crippen molar-refractivity contribution in [3.63, 3.8) is 0 Å². The first-order valence-corrected chi connectivity index (χ1v) is 10.3. The van der Waals surface area contributed by atoms with Gasteiger partial charge in [0.1, 0.15) is 0 Å². The molecule has 1 atom stereocenters. The lowest BCUT2D eigenvalue weighted by molar-refractivity contribution is 0.114. The largest absolute Gasteiger partial charge is 0.436 e. The minimum atomic E-state index is -3.57. The van der Waals surface area contributed by atoms with E-state index in [1.54, 1.807) is 30.5 Å². The van der Waals surface area contributed by atoms with Crippen molar-refractivity contribution in [3.8, 4) is 22.8 Å². The molecular weight excluding hydrogens is 364 g/mol. The Morgan fingerprint density at radius 3 is 2.52 bits per heavy atom. The minimum absolute atomic E-state index is 0.0391. The summed E-state index contributed by atoms with van der Waals surface area (Å²) >= 11 is 0. The van der Waals surface area contributed by atoms with Crippen LogP contribution in [0.4, 0.5) is 0 Å². The first kappa shape index (κ1) is 17.9. The lowest BCUT2D eigenvalue weighted by atomic mass is 10.2. The van der Waals surface area contributed by atoms with Crippen molar-refractivity contribution in [1.82, 2.24) is 9.71 Å². The van der Waals surface area contributed by atoms with Crippen LogP contribution in [0.3, 0.4) is 0 Å². The fourth-order valence-corrected chi connectivity index (χ4v) is 4.08. The number of oxazole rings is 1. The number of aromatic nitrogens is 1. The molecule has 0 spiro atoms. The van der Waals surface area contributed by atoms with E-state index in [4.69, 9.17) is 9.15 Å². The molecule has 0 radical (unpaired) electrons. The number of hydrogen-bond acceptors (Lipinski definition) is 5. The van der Waals surface area contributed by atoms with E-state index in [1.165, 1.54) is 0 Å². The second-order valence-electron chi connectivity index (χ2n) is 6.41. The van der Waals surface area contributed by atoms with Crippen LogP contribution in [-0.4, -0.2) is 32.7 Å². The van der Waals surface area contributed by atoms with Crippen LogP contribution < -0.4 is 4.72 Å². The average Bonchev–Trinajstić information content (AvgIpc) is 3.39. The van der Waals surface area contributed by atoms with E-state index in [1.807, 2.05) is 30.3 Å². The quantitative estimate of drug-likeness (QED) is 0.704. The van der Waals surface area contributed by atoms with Crippen LogP contribution in [0.5, 0.6) is 0 Å². The Labute approximate surface area is 158 Å². The zero-order chi connectivity index (χ0) is 18.7. The van der Waals surface area contributed by atoms with Gasteiger partial charge in [0.05, 0.1) is 17.2 Å². The van der Waals surface area contributed by atoms with E-state index in [0.29, 0.717) is 24.8 Å². The number of sulfonamides is 1. The highest BCUT2D eigenvalue weighted by atomic mass is 32.2. The highest BCUT2D eigenvalue weighted by Gasteiger charge is 2.20. The molecule has 1 fully saturated rings. The summed E-state index contributed by atoms with van der Waals surface area (Å²) in [6.45, 7) is 0.993. The maximum absolute atomic E-state index is 12.4.